The van der Waals surface area contributed by atoms with Crippen LogP contribution in [0.15, 0.2) is 52.9 Å². The molecule has 2 aromatic rings. The van der Waals surface area contributed by atoms with Crippen LogP contribution in [0.3, 0.4) is 0 Å². The number of carbonyl (C=O) groups is 1. The topological polar surface area (TPSA) is 37.3 Å². The van der Waals surface area contributed by atoms with E-state index in [1.807, 2.05) is 32.1 Å². The maximum atomic E-state index is 11.2. The van der Waals surface area contributed by atoms with Gasteiger partial charge in [-0.05, 0) is 0 Å². The van der Waals surface area contributed by atoms with Gasteiger partial charge in [0.25, 0.3) is 0 Å². The number of benzene rings is 2. The van der Waals surface area contributed by atoms with Crippen LogP contribution in [0.5, 0.6) is 0 Å². The summed E-state index contributed by atoms with van der Waals surface area (Å²) in [7, 11) is 0. The molecule has 2 rings (SSSR count). The molecule has 20 heavy (non-hydrogen) atoms. The SMILES string of the molecule is CC(C)/C=C(\[As]Cc1ccc2ccccc2c1)C(=O)O. The second-order valence-electron chi connectivity index (χ2n) is 5.10. The van der Waals surface area contributed by atoms with Gasteiger partial charge in [-0.3, -0.25) is 0 Å². The fourth-order valence-electron chi connectivity index (χ4n) is 2.02. The molecular formula is C17H18AsO2. The molecule has 2 aromatic carbocycles. The van der Waals surface area contributed by atoms with Crippen molar-refractivity contribution >= 4 is 32.5 Å². The molecule has 0 saturated carbocycles. The van der Waals surface area contributed by atoms with Crippen molar-refractivity contribution in [2.45, 2.75) is 19.1 Å². The van der Waals surface area contributed by atoms with Crippen molar-refractivity contribution in [2.75, 3.05) is 0 Å². The van der Waals surface area contributed by atoms with Crippen LogP contribution in [0.4, 0.5) is 0 Å². The van der Waals surface area contributed by atoms with E-state index in [-0.39, 0.29) is 21.7 Å². The van der Waals surface area contributed by atoms with Crippen molar-refractivity contribution in [1.82, 2.24) is 0 Å². The molecule has 0 saturated heterocycles. The van der Waals surface area contributed by atoms with E-state index >= 15 is 0 Å². The zero-order chi connectivity index (χ0) is 14.5. The standard InChI is InChI=1S/C17H18AsO2/c1-12(2)9-16(17(19)20)18-11-13-7-8-14-5-3-4-6-15(14)10-13/h3-10,12H,11H2,1-2H3,(H,19,20)/b16-9-. The molecule has 3 heteroatoms. The van der Waals surface area contributed by atoms with E-state index in [9.17, 15) is 9.90 Å². The molecule has 0 atom stereocenters. The van der Waals surface area contributed by atoms with Gasteiger partial charge in [-0.15, -0.1) is 0 Å². The molecule has 0 bridgehead atoms. The molecule has 0 fully saturated rings. The number of rotatable bonds is 5. The summed E-state index contributed by atoms with van der Waals surface area (Å²) in [6.45, 7) is 4.03. The van der Waals surface area contributed by atoms with Crippen molar-refractivity contribution in [3.63, 3.8) is 0 Å². The van der Waals surface area contributed by atoms with E-state index in [1.165, 1.54) is 16.3 Å². The van der Waals surface area contributed by atoms with Crippen LogP contribution in [0.25, 0.3) is 10.8 Å². The molecule has 1 radical (unpaired) electrons. The summed E-state index contributed by atoms with van der Waals surface area (Å²) in [5, 5.41) is 12.5. The summed E-state index contributed by atoms with van der Waals surface area (Å²) in [5.41, 5.74) is 1.22. The number of fused-ring (bicyclic) bond motifs is 1. The van der Waals surface area contributed by atoms with Gasteiger partial charge < -0.3 is 0 Å². The number of aliphatic carboxylic acids is 1. The van der Waals surface area contributed by atoms with Crippen molar-refractivity contribution in [3.8, 4) is 0 Å². The second kappa shape index (κ2) is 6.76. The Kier molecular flexibility index (Phi) is 5.03. The first-order valence-corrected chi connectivity index (χ1v) is 8.93. The van der Waals surface area contributed by atoms with Gasteiger partial charge in [-0.1, -0.05) is 0 Å². The fourth-order valence-corrected chi connectivity index (χ4v) is 4.30. The Balaban J connectivity index is 2.13. The quantitative estimate of drug-likeness (QED) is 0.671. The Morgan fingerprint density at radius 2 is 1.90 bits per heavy atom. The van der Waals surface area contributed by atoms with E-state index in [4.69, 9.17) is 0 Å². The average Bonchev–Trinajstić information content (AvgIpc) is 2.42. The molecule has 1 N–H and O–H groups in total. The van der Waals surface area contributed by atoms with Gasteiger partial charge in [0.1, 0.15) is 0 Å². The van der Waals surface area contributed by atoms with Crippen LogP contribution >= 0.6 is 0 Å². The molecule has 2 nitrogen and oxygen atoms in total. The number of carboxylic acids is 1. The summed E-state index contributed by atoms with van der Waals surface area (Å²) in [6.07, 6.45) is 1.88. The van der Waals surface area contributed by atoms with E-state index in [2.05, 4.69) is 30.3 Å². The van der Waals surface area contributed by atoms with Gasteiger partial charge in [0.05, 0.1) is 0 Å². The molecule has 0 unspecified atom stereocenters. The summed E-state index contributed by atoms with van der Waals surface area (Å²) in [5.74, 6) is -0.479. The molecule has 0 aromatic heterocycles. The first kappa shape index (κ1) is 14.9. The fraction of sp³-hybridized carbons (Fsp3) is 0.235. The first-order chi connectivity index (χ1) is 9.56. The van der Waals surface area contributed by atoms with Gasteiger partial charge in [0.2, 0.25) is 0 Å². The van der Waals surface area contributed by atoms with Crippen molar-refractivity contribution in [1.29, 1.82) is 0 Å². The molecule has 0 aliphatic carbocycles. The molecule has 0 heterocycles. The molecule has 0 aliphatic rings. The van der Waals surface area contributed by atoms with E-state index in [0.29, 0.717) is 4.36 Å². The molecular weight excluding hydrogens is 311 g/mol. The normalized spacial score (nSPS) is 12.7. The first-order valence-electron chi connectivity index (χ1n) is 6.66. The number of carboxylic acid groups (broad SMARTS) is 1. The number of allylic oxidation sites excluding steroid dienone is 1. The monoisotopic (exact) mass is 329 g/mol. The number of hydrogen-bond acceptors (Lipinski definition) is 1. The van der Waals surface area contributed by atoms with Crippen molar-refractivity contribution in [2.24, 2.45) is 5.92 Å². The van der Waals surface area contributed by atoms with Crippen LogP contribution in [0.1, 0.15) is 19.4 Å². The van der Waals surface area contributed by atoms with Gasteiger partial charge in [-0.2, -0.15) is 0 Å². The van der Waals surface area contributed by atoms with Crippen LogP contribution in [-0.4, -0.2) is 26.8 Å². The third-order valence-electron chi connectivity index (χ3n) is 2.96. The summed E-state index contributed by atoms with van der Waals surface area (Å²) in [6, 6.07) is 14.6. The zero-order valence-electron chi connectivity index (χ0n) is 11.7. The average molecular weight is 329 g/mol. The van der Waals surface area contributed by atoms with Crippen LogP contribution in [0.2, 0.25) is 0 Å². The van der Waals surface area contributed by atoms with Gasteiger partial charge in [-0.25, -0.2) is 0 Å². The van der Waals surface area contributed by atoms with Crippen molar-refractivity contribution in [3.05, 3.63) is 58.5 Å². The van der Waals surface area contributed by atoms with Gasteiger partial charge >= 0.3 is 126 Å². The predicted molar refractivity (Wildman–Crippen MR) is 84.0 cm³/mol. The van der Waals surface area contributed by atoms with Crippen molar-refractivity contribution < 1.29 is 9.90 Å². The Labute approximate surface area is 126 Å². The van der Waals surface area contributed by atoms with Gasteiger partial charge in [0.15, 0.2) is 0 Å². The summed E-state index contributed by atoms with van der Waals surface area (Å²) >= 11 is -0.331. The Bertz CT molecular complexity index is 644. The van der Waals surface area contributed by atoms with E-state index in [0.717, 1.165) is 5.21 Å². The number of hydrogen-bond donors (Lipinski definition) is 1. The predicted octanol–water partition coefficient (Wildman–Crippen LogP) is 3.67. The zero-order valence-corrected chi connectivity index (χ0v) is 13.6. The molecule has 0 spiro atoms. The molecule has 0 aliphatic heterocycles. The third kappa shape index (κ3) is 3.98. The van der Waals surface area contributed by atoms with Crippen LogP contribution in [0, 0.1) is 5.92 Å². The third-order valence-corrected chi connectivity index (χ3v) is 5.48. The summed E-state index contributed by atoms with van der Waals surface area (Å²) in [4.78, 5) is 11.2. The maximum absolute atomic E-state index is 11.2. The summed E-state index contributed by atoms with van der Waals surface area (Å²) < 4.78 is 0.601. The Hall–Kier alpha value is -1.53. The van der Waals surface area contributed by atoms with E-state index < -0.39 is 5.97 Å². The van der Waals surface area contributed by atoms with E-state index in [1.54, 1.807) is 0 Å². The Morgan fingerprint density at radius 3 is 2.55 bits per heavy atom. The Morgan fingerprint density at radius 1 is 1.20 bits per heavy atom. The van der Waals surface area contributed by atoms with Crippen LogP contribution in [-0.2, 0) is 10.0 Å². The second-order valence-corrected chi connectivity index (χ2v) is 7.44. The van der Waals surface area contributed by atoms with Crippen LogP contribution < -0.4 is 0 Å². The molecule has 0 amide bonds. The van der Waals surface area contributed by atoms with Gasteiger partial charge in [0, 0.05) is 0 Å². The molecule has 103 valence electrons. The minimum absolute atomic E-state index is 0.285. The minimum atomic E-state index is -0.764.